The van der Waals surface area contributed by atoms with Crippen LogP contribution in [0.2, 0.25) is 0 Å². The van der Waals surface area contributed by atoms with Crippen LogP contribution < -0.4 is 5.56 Å². The number of unbranched alkanes of at least 4 members (excludes halogenated alkanes) is 1. The first-order valence-corrected chi connectivity index (χ1v) is 8.48. The highest BCUT2D eigenvalue weighted by atomic mass is 32.2. The van der Waals surface area contributed by atoms with Gasteiger partial charge in [-0.1, -0.05) is 37.2 Å². The van der Waals surface area contributed by atoms with Gasteiger partial charge < -0.3 is 0 Å². The van der Waals surface area contributed by atoms with Gasteiger partial charge in [-0.25, -0.2) is 0 Å². The van der Waals surface area contributed by atoms with Crippen LogP contribution in [0.5, 0.6) is 0 Å². The van der Waals surface area contributed by atoms with Crippen molar-refractivity contribution in [2.45, 2.75) is 43.6 Å². The quantitative estimate of drug-likeness (QED) is 0.674. The zero-order valence-corrected chi connectivity index (χ0v) is 13.9. The van der Waals surface area contributed by atoms with Gasteiger partial charge in [0.25, 0.3) is 5.56 Å². The Bertz CT molecular complexity index is 953. The third kappa shape index (κ3) is 2.70. The summed E-state index contributed by atoms with van der Waals surface area (Å²) in [5.74, 6) is 0.537. The number of hydrogen-bond acceptors (Lipinski definition) is 5. The van der Waals surface area contributed by atoms with E-state index in [-0.39, 0.29) is 10.8 Å². The van der Waals surface area contributed by atoms with Gasteiger partial charge in [-0.2, -0.15) is 5.26 Å². The summed E-state index contributed by atoms with van der Waals surface area (Å²) in [5.41, 5.74) is 0.733. The third-order valence-corrected chi connectivity index (χ3v) is 4.61. The lowest BCUT2D eigenvalue weighted by atomic mass is 10.2. The van der Waals surface area contributed by atoms with Gasteiger partial charge >= 0.3 is 0 Å². The summed E-state index contributed by atoms with van der Waals surface area (Å²) in [6.07, 6.45) is 1.89. The van der Waals surface area contributed by atoms with E-state index < -0.39 is 0 Å². The molecular weight excluding hydrogens is 310 g/mol. The smallest absolute Gasteiger partial charge is 0.262 e. The summed E-state index contributed by atoms with van der Waals surface area (Å²) < 4.78 is 3.56. The molecule has 23 heavy (non-hydrogen) atoms. The van der Waals surface area contributed by atoms with E-state index in [1.165, 1.54) is 11.8 Å². The second-order valence-corrected chi connectivity index (χ2v) is 6.64. The average Bonchev–Trinajstić information content (AvgIpc) is 2.98. The molecule has 0 saturated heterocycles. The van der Waals surface area contributed by atoms with Gasteiger partial charge in [0.15, 0.2) is 5.16 Å². The van der Waals surface area contributed by atoms with Crippen molar-refractivity contribution in [2.24, 2.45) is 0 Å². The number of para-hydroxylation sites is 1. The van der Waals surface area contributed by atoms with Crippen LogP contribution >= 0.6 is 11.8 Å². The van der Waals surface area contributed by atoms with Crippen LogP contribution in [0, 0.1) is 11.3 Å². The molecule has 2 aromatic heterocycles. The molecule has 0 aliphatic carbocycles. The zero-order chi connectivity index (χ0) is 16.4. The Morgan fingerprint density at radius 3 is 2.87 bits per heavy atom. The summed E-state index contributed by atoms with van der Waals surface area (Å²) in [5, 5.41) is 18.5. The molecule has 1 aromatic carbocycles. The van der Waals surface area contributed by atoms with Crippen LogP contribution in [-0.4, -0.2) is 24.4 Å². The summed E-state index contributed by atoms with van der Waals surface area (Å²) in [7, 11) is 0. The Morgan fingerprint density at radius 2 is 2.13 bits per heavy atom. The Balaban J connectivity index is 2.33. The molecule has 1 unspecified atom stereocenters. The lowest BCUT2D eigenvalue weighted by molar-refractivity contribution is 0.620. The van der Waals surface area contributed by atoms with E-state index in [0.717, 1.165) is 18.4 Å². The second kappa shape index (κ2) is 6.42. The van der Waals surface area contributed by atoms with Gasteiger partial charge in [0.2, 0.25) is 5.78 Å². The van der Waals surface area contributed by atoms with Gasteiger partial charge in [-0.3, -0.25) is 13.8 Å². The number of nitriles is 1. The first kappa shape index (κ1) is 15.6. The molecule has 1 atom stereocenters. The lowest BCUT2D eigenvalue weighted by Gasteiger charge is -2.11. The minimum Gasteiger partial charge on any atom is -0.276 e. The van der Waals surface area contributed by atoms with E-state index in [2.05, 4.69) is 23.2 Å². The van der Waals surface area contributed by atoms with Crippen LogP contribution in [0.3, 0.4) is 0 Å². The van der Waals surface area contributed by atoms with Gasteiger partial charge in [0.1, 0.15) is 0 Å². The predicted molar refractivity (Wildman–Crippen MR) is 90.6 cm³/mol. The van der Waals surface area contributed by atoms with Crippen molar-refractivity contribution < 1.29 is 0 Å². The predicted octanol–water partition coefficient (Wildman–Crippen LogP) is 2.85. The molecule has 0 amide bonds. The molecule has 7 heteroatoms. The van der Waals surface area contributed by atoms with Crippen LogP contribution in [0.1, 0.15) is 26.7 Å². The molecule has 2 heterocycles. The highest BCUT2D eigenvalue weighted by Gasteiger charge is 2.17. The molecule has 0 aliphatic rings. The van der Waals surface area contributed by atoms with Crippen molar-refractivity contribution in [3.8, 4) is 6.07 Å². The van der Waals surface area contributed by atoms with Gasteiger partial charge in [0, 0.05) is 6.54 Å². The van der Waals surface area contributed by atoms with Crippen molar-refractivity contribution in [1.82, 2.24) is 19.2 Å². The van der Waals surface area contributed by atoms with Crippen molar-refractivity contribution in [3.63, 3.8) is 0 Å². The largest absolute Gasteiger partial charge is 0.276 e. The van der Waals surface area contributed by atoms with Crippen molar-refractivity contribution in [3.05, 3.63) is 34.6 Å². The van der Waals surface area contributed by atoms with E-state index in [1.807, 2.05) is 35.6 Å². The molecule has 0 radical (unpaired) electrons. The number of benzene rings is 1. The molecule has 0 fully saturated rings. The van der Waals surface area contributed by atoms with E-state index in [0.29, 0.717) is 22.9 Å². The zero-order valence-electron chi connectivity index (χ0n) is 13.1. The Kier molecular flexibility index (Phi) is 4.35. The second-order valence-electron chi connectivity index (χ2n) is 5.33. The molecule has 3 rings (SSSR count). The van der Waals surface area contributed by atoms with Crippen LogP contribution in [-0.2, 0) is 6.54 Å². The fourth-order valence-corrected chi connectivity index (χ4v) is 3.25. The van der Waals surface area contributed by atoms with Crippen LogP contribution in [0.15, 0.2) is 34.2 Å². The average molecular weight is 327 g/mol. The normalized spacial score (nSPS) is 12.6. The lowest BCUT2D eigenvalue weighted by Crippen LogP contribution is -2.23. The monoisotopic (exact) mass is 327 g/mol. The highest BCUT2D eigenvalue weighted by molar-refractivity contribution is 8.00. The summed E-state index contributed by atoms with van der Waals surface area (Å²) in [4.78, 5) is 12.8. The molecule has 118 valence electrons. The number of rotatable bonds is 5. The van der Waals surface area contributed by atoms with E-state index >= 15 is 0 Å². The first-order chi connectivity index (χ1) is 11.2. The molecule has 0 aliphatic heterocycles. The topological polar surface area (TPSA) is 76.0 Å². The van der Waals surface area contributed by atoms with Crippen molar-refractivity contribution in [1.29, 1.82) is 5.26 Å². The van der Waals surface area contributed by atoms with Gasteiger partial charge in [0.05, 0.1) is 22.2 Å². The summed E-state index contributed by atoms with van der Waals surface area (Å²) in [6.45, 7) is 4.52. The Morgan fingerprint density at radius 1 is 1.35 bits per heavy atom. The molecule has 0 spiro atoms. The van der Waals surface area contributed by atoms with Gasteiger partial charge in [-0.15, -0.1) is 10.2 Å². The minimum atomic E-state index is -0.239. The van der Waals surface area contributed by atoms with Crippen LogP contribution in [0.4, 0.5) is 0 Å². The third-order valence-electron chi connectivity index (χ3n) is 3.68. The maximum absolute atomic E-state index is 12.8. The number of hydrogen-bond donors (Lipinski definition) is 0. The van der Waals surface area contributed by atoms with E-state index in [1.54, 1.807) is 4.57 Å². The Hall–Kier alpha value is -2.33. The fourth-order valence-electron chi connectivity index (χ4n) is 2.51. The number of thioether (sulfide) groups is 1. The molecule has 6 nitrogen and oxygen atoms in total. The molecular formula is C16H17N5OS. The number of fused-ring (bicyclic) bond motifs is 3. The summed E-state index contributed by atoms with van der Waals surface area (Å²) in [6, 6.07) is 9.64. The Labute approximate surface area is 137 Å². The van der Waals surface area contributed by atoms with Crippen LogP contribution in [0.25, 0.3) is 16.7 Å². The maximum atomic E-state index is 12.8. The molecule has 0 N–H and O–H groups in total. The number of nitrogens with zero attached hydrogens (tertiary/aromatic N) is 5. The number of aryl methyl sites for hydroxylation is 1. The first-order valence-electron chi connectivity index (χ1n) is 7.60. The molecule has 0 saturated carbocycles. The number of aromatic nitrogens is 4. The standard InChI is InChI=1S/C16H17N5OS/c1-3-4-9-20-14(22)12-7-5-6-8-13(12)21-15(20)18-19-16(21)23-11(2)10-17/h5-8,11H,3-4,9H2,1-2H3. The van der Waals surface area contributed by atoms with Gasteiger partial charge in [-0.05, 0) is 25.5 Å². The van der Waals surface area contributed by atoms with Crippen molar-refractivity contribution in [2.75, 3.05) is 0 Å². The molecule has 0 bridgehead atoms. The maximum Gasteiger partial charge on any atom is 0.262 e. The van der Waals surface area contributed by atoms with E-state index in [4.69, 9.17) is 5.26 Å². The SMILES string of the molecule is CCCCn1c(=O)c2ccccc2n2c(SC(C)C#N)nnc12. The minimum absolute atomic E-state index is 0.0427. The fraction of sp³-hybridized carbons (Fsp3) is 0.375. The summed E-state index contributed by atoms with van der Waals surface area (Å²) >= 11 is 1.35. The molecule has 3 aromatic rings. The van der Waals surface area contributed by atoms with Crippen molar-refractivity contribution >= 4 is 28.4 Å². The highest BCUT2D eigenvalue weighted by Crippen LogP contribution is 2.24. The van der Waals surface area contributed by atoms with E-state index in [9.17, 15) is 4.79 Å².